The summed E-state index contributed by atoms with van der Waals surface area (Å²) in [6.07, 6.45) is 0. The van der Waals surface area contributed by atoms with Gasteiger partial charge in [0.05, 0.1) is 10.6 Å². The van der Waals surface area contributed by atoms with E-state index >= 15 is 0 Å². The number of carbonyl (C=O) groups excluding carboxylic acids is 1. The minimum absolute atomic E-state index is 0.0422. The first-order valence-corrected chi connectivity index (χ1v) is 8.80. The van der Waals surface area contributed by atoms with E-state index in [2.05, 4.69) is 10.0 Å². The number of benzene rings is 2. The van der Waals surface area contributed by atoms with Gasteiger partial charge in [-0.25, -0.2) is 13.1 Å². The van der Waals surface area contributed by atoms with Crippen molar-refractivity contribution in [3.8, 4) is 5.75 Å². The van der Waals surface area contributed by atoms with E-state index in [1.165, 1.54) is 30.3 Å². The van der Waals surface area contributed by atoms with Crippen molar-refractivity contribution in [2.45, 2.75) is 31.2 Å². The predicted molar refractivity (Wildman–Crippen MR) is 92.6 cm³/mol. The van der Waals surface area contributed by atoms with Gasteiger partial charge in [-0.1, -0.05) is 12.1 Å². The van der Waals surface area contributed by atoms with Crippen LogP contribution in [0.15, 0.2) is 53.4 Å². The van der Waals surface area contributed by atoms with Crippen LogP contribution < -0.4 is 10.0 Å². The number of para-hydroxylation sites is 2. The molecule has 0 aliphatic heterocycles. The summed E-state index contributed by atoms with van der Waals surface area (Å²) in [7, 11) is -3.65. The number of nitrogens with one attached hydrogen (secondary N) is 2. The first kappa shape index (κ1) is 18.0. The Morgan fingerprint density at radius 1 is 1.00 bits per heavy atom. The molecule has 0 aromatic heterocycles. The van der Waals surface area contributed by atoms with Crippen molar-refractivity contribution in [1.29, 1.82) is 0 Å². The molecule has 0 atom stereocenters. The summed E-state index contributed by atoms with van der Waals surface area (Å²) in [6, 6.07) is 11.9. The van der Waals surface area contributed by atoms with Crippen LogP contribution in [0.1, 0.15) is 31.1 Å². The molecule has 0 heterocycles. The molecular weight excluding hydrogens is 328 g/mol. The third-order valence-corrected chi connectivity index (χ3v) is 4.79. The minimum Gasteiger partial charge on any atom is -0.506 e. The summed E-state index contributed by atoms with van der Waals surface area (Å²) in [5.41, 5.74) is -0.0266. The Bertz CT molecular complexity index is 838. The second-order valence-electron chi connectivity index (χ2n) is 6.35. The zero-order valence-electron chi connectivity index (χ0n) is 13.7. The average Bonchev–Trinajstić information content (AvgIpc) is 2.47. The monoisotopic (exact) mass is 348 g/mol. The highest BCUT2D eigenvalue weighted by molar-refractivity contribution is 7.89. The number of phenolic OH excluding ortho intramolecular Hbond substituents is 1. The quantitative estimate of drug-likeness (QED) is 0.740. The van der Waals surface area contributed by atoms with Crippen molar-refractivity contribution in [2.75, 3.05) is 5.32 Å². The topological polar surface area (TPSA) is 95.5 Å². The fourth-order valence-electron chi connectivity index (χ4n) is 2.02. The van der Waals surface area contributed by atoms with Crippen LogP contribution in [0.2, 0.25) is 0 Å². The number of carbonyl (C=O) groups is 1. The molecule has 0 saturated carbocycles. The van der Waals surface area contributed by atoms with Crippen LogP contribution in [0.3, 0.4) is 0 Å². The molecule has 24 heavy (non-hydrogen) atoms. The molecule has 2 aromatic rings. The molecule has 0 aliphatic rings. The molecule has 128 valence electrons. The lowest BCUT2D eigenvalue weighted by atomic mass is 10.1. The Hall–Kier alpha value is -2.38. The van der Waals surface area contributed by atoms with Crippen molar-refractivity contribution in [3.05, 3.63) is 54.1 Å². The van der Waals surface area contributed by atoms with E-state index in [4.69, 9.17) is 0 Å². The molecule has 3 N–H and O–H groups in total. The number of rotatable bonds is 4. The largest absolute Gasteiger partial charge is 0.506 e. The lowest BCUT2D eigenvalue weighted by Gasteiger charge is -2.20. The lowest BCUT2D eigenvalue weighted by Crippen LogP contribution is -2.40. The molecule has 0 bridgehead atoms. The Labute approximate surface area is 141 Å². The smallest absolute Gasteiger partial charge is 0.255 e. The van der Waals surface area contributed by atoms with Crippen LogP contribution in [-0.2, 0) is 10.0 Å². The molecule has 2 aromatic carbocycles. The van der Waals surface area contributed by atoms with E-state index in [0.717, 1.165) is 0 Å². The van der Waals surface area contributed by atoms with Gasteiger partial charge in [-0.15, -0.1) is 0 Å². The number of sulfonamides is 1. The third-order valence-electron chi connectivity index (χ3n) is 3.02. The summed E-state index contributed by atoms with van der Waals surface area (Å²) >= 11 is 0. The van der Waals surface area contributed by atoms with Gasteiger partial charge in [-0.3, -0.25) is 4.79 Å². The van der Waals surface area contributed by atoms with E-state index in [1.807, 2.05) is 0 Å². The third kappa shape index (κ3) is 4.56. The molecule has 7 heteroatoms. The van der Waals surface area contributed by atoms with Crippen molar-refractivity contribution < 1.29 is 18.3 Å². The van der Waals surface area contributed by atoms with Crippen molar-refractivity contribution in [3.63, 3.8) is 0 Å². The molecule has 0 fully saturated rings. The van der Waals surface area contributed by atoms with E-state index in [0.29, 0.717) is 0 Å². The fourth-order valence-corrected chi connectivity index (χ4v) is 3.44. The summed E-state index contributed by atoms with van der Waals surface area (Å²) < 4.78 is 27.0. The average molecular weight is 348 g/mol. The number of hydrogen-bond acceptors (Lipinski definition) is 4. The molecular formula is C17H20N2O4S. The Balaban J connectivity index is 2.17. The highest BCUT2D eigenvalue weighted by Crippen LogP contribution is 2.22. The maximum Gasteiger partial charge on any atom is 0.255 e. The Kier molecular flexibility index (Phi) is 4.96. The molecule has 1 amide bonds. The van der Waals surface area contributed by atoms with Crippen LogP contribution in [0, 0.1) is 0 Å². The van der Waals surface area contributed by atoms with Crippen LogP contribution in [-0.4, -0.2) is 25.0 Å². The predicted octanol–water partition coefficient (Wildman–Crippen LogP) is 2.72. The zero-order valence-corrected chi connectivity index (χ0v) is 14.5. The van der Waals surface area contributed by atoms with Crippen molar-refractivity contribution in [2.24, 2.45) is 0 Å². The van der Waals surface area contributed by atoms with Gasteiger partial charge in [0.25, 0.3) is 5.91 Å². The first-order valence-electron chi connectivity index (χ1n) is 7.32. The van der Waals surface area contributed by atoms with Gasteiger partial charge in [0.2, 0.25) is 10.0 Å². The number of aromatic hydroxyl groups is 1. The van der Waals surface area contributed by atoms with Gasteiger partial charge in [0.15, 0.2) is 0 Å². The standard InChI is InChI=1S/C17H20N2O4S/c1-17(2,3)19-24(22,23)13-10-8-12(9-11-13)16(21)18-14-6-4-5-7-15(14)20/h4-11,19-20H,1-3H3,(H,18,21). The molecule has 6 nitrogen and oxygen atoms in total. The second kappa shape index (κ2) is 6.62. The van der Waals surface area contributed by atoms with Gasteiger partial charge in [0.1, 0.15) is 5.75 Å². The first-order chi connectivity index (χ1) is 11.1. The lowest BCUT2D eigenvalue weighted by molar-refractivity contribution is 0.102. The molecule has 0 spiro atoms. The van der Waals surface area contributed by atoms with E-state index in [-0.39, 0.29) is 21.9 Å². The maximum absolute atomic E-state index is 12.2. The summed E-state index contributed by atoms with van der Waals surface area (Å²) in [6.45, 7) is 5.25. The Morgan fingerprint density at radius 2 is 1.58 bits per heavy atom. The van der Waals surface area contributed by atoms with Gasteiger partial charge in [0, 0.05) is 11.1 Å². The van der Waals surface area contributed by atoms with Crippen LogP contribution in [0.5, 0.6) is 5.75 Å². The summed E-state index contributed by atoms with van der Waals surface area (Å²) in [5, 5.41) is 12.2. The SMILES string of the molecule is CC(C)(C)NS(=O)(=O)c1ccc(C(=O)Nc2ccccc2O)cc1. The fraction of sp³-hybridized carbons (Fsp3) is 0.235. The number of phenols is 1. The van der Waals surface area contributed by atoms with Crippen molar-refractivity contribution in [1.82, 2.24) is 4.72 Å². The molecule has 0 aliphatic carbocycles. The van der Waals surface area contributed by atoms with Gasteiger partial charge in [-0.05, 0) is 57.2 Å². The minimum atomic E-state index is -3.65. The van der Waals surface area contributed by atoms with Crippen LogP contribution in [0.4, 0.5) is 5.69 Å². The van der Waals surface area contributed by atoms with Gasteiger partial charge < -0.3 is 10.4 Å². The van der Waals surface area contributed by atoms with Gasteiger partial charge >= 0.3 is 0 Å². The molecule has 0 saturated heterocycles. The summed E-state index contributed by atoms with van der Waals surface area (Å²) in [4.78, 5) is 12.2. The van der Waals surface area contributed by atoms with Crippen LogP contribution in [0.25, 0.3) is 0 Å². The number of anilines is 1. The highest BCUT2D eigenvalue weighted by atomic mass is 32.2. The number of amides is 1. The van der Waals surface area contributed by atoms with E-state index in [9.17, 15) is 18.3 Å². The van der Waals surface area contributed by atoms with Crippen LogP contribution >= 0.6 is 0 Å². The maximum atomic E-state index is 12.2. The molecule has 0 radical (unpaired) electrons. The second-order valence-corrected chi connectivity index (χ2v) is 8.03. The highest BCUT2D eigenvalue weighted by Gasteiger charge is 2.22. The summed E-state index contributed by atoms with van der Waals surface area (Å²) in [5.74, 6) is -0.483. The molecule has 2 rings (SSSR count). The van der Waals surface area contributed by atoms with E-state index < -0.39 is 21.5 Å². The zero-order chi connectivity index (χ0) is 18.0. The van der Waals surface area contributed by atoms with E-state index in [1.54, 1.807) is 39.0 Å². The van der Waals surface area contributed by atoms with Crippen molar-refractivity contribution >= 4 is 21.6 Å². The number of hydrogen-bond donors (Lipinski definition) is 3. The normalized spacial score (nSPS) is 12.0. The van der Waals surface area contributed by atoms with Gasteiger partial charge in [-0.2, -0.15) is 0 Å². The Morgan fingerprint density at radius 3 is 2.12 bits per heavy atom. The molecule has 0 unspecified atom stereocenters.